The highest BCUT2D eigenvalue weighted by atomic mass is 19.3. The number of aliphatic hydroxyl groups excluding tert-OH is 1. The molecule has 1 saturated carbocycles. The van der Waals surface area contributed by atoms with Gasteiger partial charge in [0.15, 0.2) is 0 Å². The first-order chi connectivity index (χ1) is 5.53. The van der Waals surface area contributed by atoms with Gasteiger partial charge in [-0.25, -0.2) is 8.78 Å². The minimum atomic E-state index is -2.46. The summed E-state index contributed by atoms with van der Waals surface area (Å²) in [4.78, 5) is 0. The van der Waals surface area contributed by atoms with E-state index in [9.17, 15) is 13.9 Å². The fourth-order valence-corrected chi connectivity index (χ4v) is 1.79. The van der Waals surface area contributed by atoms with Gasteiger partial charge in [-0.2, -0.15) is 0 Å². The average molecular weight is 178 g/mol. The minimum Gasteiger partial charge on any atom is -0.393 e. The predicted octanol–water partition coefficient (Wildman–Crippen LogP) is 2.58. The lowest BCUT2D eigenvalue weighted by Gasteiger charge is -2.13. The number of halogens is 2. The molecule has 0 aromatic carbocycles. The predicted molar refractivity (Wildman–Crippen MR) is 43.2 cm³/mol. The third-order valence-corrected chi connectivity index (χ3v) is 2.58. The molecule has 1 nitrogen and oxygen atoms in total. The largest absolute Gasteiger partial charge is 0.393 e. The Labute approximate surface area is 71.8 Å². The molecule has 1 rings (SSSR count). The standard InChI is InChI=1S/C9H16F2O/c1-2-8(12)5-7-3-4-9(10,11)6-7/h7-8,12H,2-6H2,1H3. The van der Waals surface area contributed by atoms with Crippen LogP contribution in [0, 0.1) is 5.92 Å². The van der Waals surface area contributed by atoms with Crippen molar-refractivity contribution >= 4 is 0 Å². The van der Waals surface area contributed by atoms with E-state index in [-0.39, 0.29) is 24.9 Å². The number of hydrogen-bond acceptors (Lipinski definition) is 1. The Kier molecular flexibility index (Phi) is 3.04. The lowest BCUT2D eigenvalue weighted by atomic mass is 9.99. The molecule has 0 heterocycles. The molecule has 3 heteroatoms. The molecule has 0 aliphatic heterocycles. The molecule has 12 heavy (non-hydrogen) atoms. The normalized spacial score (nSPS) is 30.5. The van der Waals surface area contributed by atoms with E-state index in [1.54, 1.807) is 0 Å². The van der Waals surface area contributed by atoms with E-state index >= 15 is 0 Å². The zero-order valence-electron chi connectivity index (χ0n) is 7.39. The van der Waals surface area contributed by atoms with E-state index in [1.165, 1.54) is 0 Å². The zero-order valence-corrected chi connectivity index (χ0v) is 7.39. The van der Waals surface area contributed by atoms with Crippen molar-refractivity contribution in [2.24, 2.45) is 5.92 Å². The number of alkyl halides is 2. The van der Waals surface area contributed by atoms with Gasteiger partial charge in [0.2, 0.25) is 5.92 Å². The summed E-state index contributed by atoms with van der Waals surface area (Å²) < 4.78 is 25.3. The highest BCUT2D eigenvalue weighted by molar-refractivity contribution is 4.82. The summed E-state index contributed by atoms with van der Waals surface area (Å²) in [7, 11) is 0. The Bertz CT molecular complexity index is 147. The van der Waals surface area contributed by atoms with Crippen LogP contribution in [-0.2, 0) is 0 Å². The van der Waals surface area contributed by atoms with Gasteiger partial charge >= 0.3 is 0 Å². The Morgan fingerprint density at radius 3 is 2.67 bits per heavy atom. The summed E-state index contributed by atoms with van der Waals surface area (Å²) in [6.45, 7) is 1.87. The topological polar surface area (TPSA) is 20.2 Å². The summed E-state index contributed by atoms with van der Waals surface area (Å²) in [5, 5.41) is 9.24. The highest BCUT2D eigenvalue weighted by Crippen LogP contribution is 2.40. The second kappa shape index (κ2) is 3.69. The van der Waals surface area contributed by atoms with Crippen molar-refractivity contribution in [3.05, 3.63) is 0 Å². The molecule has 0 amide bonds. The molecule has 0 spiro atoms. The van der Waals surface area contributed by atoms with Crippen LogP contribution < -0.4 is 0 Å². The summed E-state index contributed by atoms with van der Waals surface area (Å²) >= 11 is 0. The van der Waals surface area contributed by atoms with Gasteiger partial charge < -0.3 is 5.11 Å². The molecule has 1 aliphatic carbocycles. The second-order valence-electron chi connectivity index (χ2n) is 3.76. The maximum Gasteiger partial charge on any atom is 0.248 e. The molecular weight excluding hydrogens is 162 g/mol. The number of rotatable bonds is 3. The van der Waals surface area contributed by atoms with Gasteiger partial charge in [-0.15, -0.1) is 0 Å². The van der Waals surface area contributed by atoms with Crippen LogP contribution in [0.2, 0.25) is 0 Å². The highest BCUT2D eigenvalue weighted by Gasteiger charge is 2.39. The van der Waals surface area contributed by atoms with E-state index in [2.05, 4.69) is 0 Å². The molecule has 1 fully saturated rings. The van der Waals surface area contributed by atoms with E-state index in [4.69, 9.17) is 0 Å². The monoisotopic (exact) mass is 178 g/mol. The lowest BCUT2D eigenvalue weighted by molar-refractivity contribution is 0.00255. The smallest absolute Gasteiger partial charge is 0.248 e. The first-order valence-electron chi connectivity index (χ1n) is 4.59. The Hall–Kier alpha value is -0.180. The van der Waals surface area contributed by atoms with Crippen LogP contribution in [0.15, 0.2) is 0 Å². The number of hydrogen-bond donors (Lipinski definition) is 1. The molecule has 0 bridgehead atoms. The van der Waals surface area contributed by atoms with Crippen molar-refractivity contribution < 1.29 is 13.9 Å². The van der Waals surface area contributed by atoms with Gasteiger partial charge in [0.1, 0.15) is 0 Å². The van der Waals surface area contributed by atoms with E-state index in [0.29, 0.717) is 19.3 Å². The fraction of sp³-hybridized carbons (Fsp3) is 1.00. The minimum absolute atomic E-state index is 0.00804. The summed E-state index contributed by atoms with van der Waals surface area (Å²) in [5.74, 6) is -2.42. The summed E-state index contributed by atoms with van der Waals surface area (Å²) in [6, 6.07) is 0. The third kappa shape index (κ3) is 2.70. The molecular formula is C9H16F2O. The molecule has 0 saturated heterocycles. The van der Waals surface area contributed by atoms with Gasteiger partial charge in [0.25, 0.3) is 0 Å². The van der Waals surface area contributed by atoms with Gasteiger partial charge in [-0.05, 0) is 25.2 Å². The van der Waals surface area contributed by atoms with E-state index in [0.717, 1.165) is 0 Å². The van der Waals surface area contributed by atoms with Crippen molar-refractivity contribution in [3.8, 4) is 0 Å². The second-order valence-corrected chi connectivity index (χ2v) is 3.76. The van der Waals surface area contributed by atoms with Crippen LogP contribution in [0.3, 0.4) is 0 Å². The molecule has 0 aromatic heterocycles. The maximum absolute atomic E-state index is 12.7. The van der Waals surface area contributed by atoms with Crippen molar-refractivity contribution in [1.82, 2.24) is 0 Å². The SMILES string of the molecule is CCC(O)CC1CCC(F)(F)C1. The van der Waals surface area contributed by atoms with Crippen LogP contribution in [-0.4, -0.2) is 17.1 Å². The van der Waals surface area contributed by atoms with E-state index in [1.807, 2.05) is 6.92 Å². The van der Waals surface area contributed by atoms with Crippen molar-refractivity contribution in [3.63, 3.8) is 0 Å². The quantitative estimate of drug-likeness (QED) is 0.704. The molecule has 1 aliphatic rings. The maximum atomic E-state index is 12.7. The first-order valence-corrected chi connectivity index (χ1v) is 4.59. The van der Waals surface area contributed by atoms with Crippen LogP contribution in [0.25, 0.3) is 0 Å². The van der Waals surface area contributed by atoms with Gasteiger partial charge in [0, 0.05) is 12.8 Å². The van der Waals surface area contributed by atoms with Gasteiger partial charge in [0.05, 0.1) is 6.10 Å². The fourth-order valence-electron chi connectivity index (χ4n) is 1.79. The Balaban J connectivity index is 2.28. The molecule has 72 valence electrons. The van der Waals surface area contributed by atoms with Crippen molar-refractivity contribution in [2.75, 3.05) is 0 Å². The number of aliphatic hydroxyl groups is 1. The Morgan fingerprint density at radius 1 is 1.58 bits per heavy atom. The van der Waals surface area contributed by atoms with Crippen molar-refractivity contribution in [1.29, 1.82) is 0 Å². The molecule has 1 N–H and O–H groups in total. The van der Waals surface area contributed by atoms with Gasteiger partial charge in [-0.1, -0.05) is 6.92 Å². The first kappa shape index (κ1) is 9.90. The molecule has 2 unspecified atom stereocenters. The van der Waals surface area contributed by atoms with Crippen LogP contribution in [0.5, 0.6) is 0 Å². The van der Waals surface area contributed by atoms with Crippen LogP contribution in [0.4, 0.5) is 8.78 Å². The molecule has 2 atom stereocenters. The summed E-state index contributed by atoms with van der Waals surface area (Å²) in [5.41, 5.74) is 0. The zero-order chi connectivity index (χ0) is 9.19. The lowest BCUT2D eigenvalue weighted by Crippen LogP contribution is -2.13. The van der Waals surface area contributed by atoms with Crippen LogP contribution >= 0.6 is 0 Å². The van der Waals surface area contributed by atoms with Gasteiger partial charge in [-0.3, -0.25) is 0 Å². The van der Waals surface area contributed by atoms with Crippen LogP contribution in [0.1, 0.15) is 39.0 Å². The van der Waals surface area contributed by atoms with E-state index < -0.39 is 5.92 Å². The summed E-state index contributed by atoms with van der Waals surface area (Å²) in [6.07, 6.45) is 1.39. The average Bonchev–Trinajstić information content (AvgIpc) is 2.30. The van der Waals surface area contributed by atoms with Crippen molar-refractivity contribution in [2.45, 2.75) is 51.1 Å². The molecule has 0 aromatic rings. The molecule has 0 radical (unpaired) electrons. The third-order valence-electron chi connectivity index (χ3n) is 2.58. The Morgan fingerprint density at radius 2 is 2.25 bits per heavy atom.